The van der Waals surface area contributed by atoms with E-state index in [4.69, 9.17) is 0 Å². The number of carbonyl (C=O) groups is 1. The highest BCUT2D eigenvalue weighted by Gasteiger charge is 2.20. The quantitative estimate of drug-likeness (QED) is 0.827. The smallest absolute Gasteiger partial charge is 0.273 e. The zero-order valence-corrected chi connectivity index (χ0v) is 10.9. The zero-order valence-electron chi connectivity index (χ0n) is 10.0. The van der Waals surface area contributed by atoms with Gasteiger partial charge in [0.1, 0.15) is 11.5 Å². The van der Waals surface area contributed by atoms with Gasteiger partial charge in [-0.05, 0) is 6.42 Å². The van der Waals surface area contributed by atoms with Crippen LogP contribution in [0.1, 0.15) is 28.6 Å². The van der Waals surface area contributed by atoms with Gasteiger partial charge >= 0.3 is 0 Å². The summed E-state index contributed by atoms with van der Waals surface area (Å²) in [7, 11) is 1.76. The molecule has 0 radical (unpaired) electrons. The van der Waals surface area contributed by atoms with Crippen LogP contribution in [0.25, 0.3) is 0 Å². The van der Waals surface area contributed by atoms with Crippen LogP contribution in [-0.2, 0) is 19.5 Å². The van der Waals surface area contributed by atoms with Gasteiger partial charge in [-0.3, -0.25) is 4.79 Å². The van der Waals surface area contributed by atoms with Crippen molar-refractivity contribution in [3.05, 3.63) is 28.2 Å². The summed E-state index contributed by atoms with van der Waals surface area (Å²) in [5.74, 6) is 1.81. The molecule has 0 saturated carbocycles. The lowest BCUT2D eigenvalue weighted by atomic mass is 10.4. The standard InChI is InChI=1S/C11H13N5OS/c1-15(11(17)8-6-18-7-12-8)5-10-14-13-9-3-2-4-16(9)10/h6-7H,2-5H2,1H3. The molecule has 1 aliphatic rings. The van der Waals surface area contributed by atoms with E-state index in [2.05, 4.69) is 19.7 Å². The SMILES string of the molecule is CN(Cc1nnc2n1CCC2)C(=O)c1cscn1. The second-order valence-corrected chi connectivity index (χ2v) is 5.04. The number of carbonyl (C=O) groups excluding carboxylic acids is 1. The molecule has 0 saturated heterocycles. The topological polar surface area (TPSA) is 63.9 Å². The molecule has 6 nitrogen and oxygen atoms in total. The predicted octanol–water partition coefficient (Wildman–Crippen LogP) is 0.953. The molecule has 94 valence electrons. The maximum Gasteiger partial charge on any atom is 0.273 e. The van der Waals surface area contributed by atoms with Crippen molar-refractivity contribution in [3.63, 3.8) is 0 Å². The van der Waals surface area contributed by atoms with Gasteiger partial charge in [-0.15, -0.1) is 21.5 Å². The van der Waals surface area contributed by atoms with E-state index in [1.165, 1.54) is 11.3 Å². The summed E-state index contributed by atoms with van der Waals surface area (Å²) in [5.41, 5.74) is 2.15. The minimum absolute atomic E-state index is 0.0772. The first-order chi connectivity index (χ1) is 8.75. The highest BCUT2D eigenvalue weighted by Crippen LogP contribution is 2.15. The van der Waals surface area contributed by atoms with Gasteiger partial charge < -0.3 is 9.47 Å². The highest BCUT2D eigenvalue weighted by atomic mass is 32.1. The second kappa shape index (κ2) is 4.49. The lowest BCUT2D eigenvalue weighted by Gasteiger charge is -2.15. The number of rotatable bonds is 3. The Balaban J connectivity index is 1.74. The molecule has 0 aliphatic carbocycles. The molecule has 0 atom stereocenters. The van der Waals surface area contributed by atoms with Crippen LogP contribution in [0.3, 0.4) is 0 Å². The van der Waals surface area contributed by atoms with Crippen LogP contribution in [0, 0.1) is 0 Å². The monoisotopic (exact) mass is 263 g/mol. The molecule has 3 heterocycles. The molecule has 0 spiro atoms. The number of hydrogen-bond donors (Lipinski definition) is 0. The number of aromatic nitrogens is 4. The van der Waals surface area contributed by atoms with E-state index in [-0.39, 0.29) is 5.91 Å². The summed E-state index contributed by atoms with van der Waals surface area (Å²) >= 11 is 1.42. The lowest BCUT2D eigenvalue weighted by Crippen LogP contribution is -2.27. The summed E-state index contributed by atoms with van der Waals surface area (Å²) in [6.07, 6.45) is 2.10. The molecule has 0 N–H and O–H groups in total. The lowest BCUT2D eigenvalue weighted by molar-refractivity contribution is 0.0775. The summed E-state index contributed by atoms with van der Waals surface area (Å²) in [4.78, 5) is 17.7. The average molecular weight is 263 g/mol. The van der Waals surface area contributed by atoms with Gasteiger partial charge in [0.2, 0.25) is 0 Å². The van der Waals surface area contributed by atoms with Crippen molar-refractivity contribution in [3.8, 4) is 0 Å². The molecule has 1 amide bonds. The number of hydrogen-bond acceptors (Lipinski definition) is 5. The van der Waals surface area contributed by atoms with Gasteiger partial charge in [0.15, 0.2) is 5.82 Å². The molecule has 1 aliphatic heterocycles. The van der Waals surface area contributed by atoms with Gasteiger partial charge in [-0.25, -0.2) is 4.98 Å². The Kier molecular flexibility index (Phi) is 2.83. The maximum atomic E-state index is 12.0. The summed E-state index contributed by atoms with van der Waals surface area (Å²) in [6, 6.07) is 0. The van der Waals surface area contributed by atoms with Crippen molar-refractivity contribution < 1.29 is 4.79 Å². The fourth-order valence-electron chi connectivity index (χ4n) is 2.13. The minimum atomic E-state index is -0.0772. The first kappa shape index (κ1) is 11.3. The van der Waals surface area contributed by atoms with Crippen molar-refractivity contribution in [2.45, 2.75) is 25.9 Å². The van der Waals surface area contributed by atoms with E-state index in [9.17, 15) is 4.79 Å². The van der Waals surface area contributed by atoms with Crippen LogP contribution in [0.2, 0.25) is 0 Å². The van der Waals surface area contributed by atoms with Gasteiger partial charge in [0.25, 0.3) is 5.91 Å². The third-order valence-electron chi connectivity index (χ3n) is 3.06. The highest BCUT2D eigenvalue weighted by molar-refractivity contribution is 7.07. The number of nitrogens with zero attached hydrogens (tertiary/aromatic N) is 5. The molecule has 0 aromatic carbocycles. The van der Waals surface area contributed by atoms with Crippen molar-refractivity contribution in [2.75, 3.05) is 7.05 Å². The fourth-order valence-corrected chi connectivity index (χ4v) is 2.65. The molecule has 7 heteroatoms. The van der Waals surface area contributed by atoms with Crippen molar-refractivity contribution in [2.24, 2.45) is 0 Å². The second-order valence-electron chi connectivity index (χ2n) is 4.32. The van der Waals surface area contributed by atoms with Crippen molar-refractivity contribution >= 4 is 17.2 Å². The van der Waals surface area contributed by atoms with Gasteiger partial charge in [-0.1, -0.05) is 0 Å². The number of fused-ring (bicyclic) bond motifs is 1. The average Bonchev–Trinajstić information content (AvgIpc) is 3.06. The number of aryl methyl sites for hydroxylation is 1. The molecule has 2 aromatic rings. The van der Waals surface area contributed by atoms with E-state index < -0.39 is 0 Å². The van der Waals surface area contributed by atoms with Crippen LogP contribution < -0.4 is 0 Å². The molecular formula is C11H13N5OS. The van der Waals surface area contributed by atoms with Gasteiger partial charge in [0, 0.05) is 25.4 Å². The largest absolute Gasteiger partial charge is 0.333 e. The maximum absolute atomic E-state index is 12.0. The Morgan fingerprint density at radius 1 is 1.56 bits per heavy atom. The third-order valence-corrected chi connectivity index (χ3v) is 3.65. The number of thiazole rings is 1. The van der Waals surface area contributed by atoms with E-state index in [1.807, 2.05) is 0 Å². The Hall–Kier alpha value is -1.76. The molecule has 18 heavy (non-hydrogen) atoms. The molecule has 2 aromatic heterocycles. The predicted molar refractivity (Wildman–Crippen MR) is 66.3 cm³/mol. The minimum Gasteiger partial charge on any atom is -0.333 e. The van der Waals surface area contributed by atoms with Gasteiger partial charge in [-0.2, -0.15) is 0 Å². The van der Waals surface area contributed by atoms with Crippen molar-refractivity contribution in [1.29, 1.82) is 0 Å². The third kappa shape index (κ3) is 1.90. The van der Waals surface area contributed by atoms with E-state index >= 15 is 0 Å². The first-order valence-corrected chi connectivity index (χ1v) is 6.74. The molecule has 0 unspecified atom stereocenters. The Labute approximate surface area is 108 Å². The Morgan fingerprint density at radius 3 is 3.22 bits per heavy atom. The Morgan fingerprint density at radius 2 is 2.44 bits per heavy atom. The molecular weight excluding hydrogens is 250 g/mol. The van der Waals surface area contributed by atoms with Crippen LogP contribution >= 0.6 is 11.3 Å². The molecule has 3 rings (SSSR count). The number of amides is 1. The van der Waals surface area contributed by atoms with Crippen LogP contribution in [-0.4, -0.2) is 37.6 Å². The normalized spacial score (nSPS) is 13.6. The Bertz CT molecular complexity index is 562. The molecule has 0 fully saturated rings. The van der Waals surface area contributed by atoms with Gasteiger partial charge in [0.05, 0.1) is 12.1 Å². The summed E-state index contributed by atoms with van der Waals surface area (Å²) in [6.45, 7) is 1.43. The van der Waals surface area contributed by atoms with Crippen molar-refractivity contribution in [1.82, 2.24) is 24.6 Å². The van der Waals surface area contributed by atoms with E-state index in [1.54, 1.807) is 22.8 Å². The zero-order chi connectivity index (χ0) is 12.5. The van der Waals surface area contributed by atoms with Crippen LogP contribution in [0.15, 0.2) is 10.9 Å². The van der Waals surface area contributed by atoms with Crippen LogP contribution in [0.4, 0.5) is 0 Å². The first-order valence-electron chi connectivity index (χ1n) is 5.80. The molecule has 0 bridgehead atoms. The van der Waals surface area contributed by atoms with E-state index in [0.29, 0.717) is 12.2 Å². The fraction of sp³-hybridized carbons (Fsp3) is 0.455. The van der Waals surface area contributed by atoms with Crippen LogP contribution in [0.5, 0.6) is 0 Å². The van der Waals surface area contributed by atoms with E-state index in [0.717, 1.165) is 31.0 Å². The summed E-state index contributed by atoms with van der Waals surface area (Å²) < 4.78 is 2.10. The summed E-state index contributed by atoms with van der Waals surface area (Å²) in [5, 5.41) is 10.0.